The normalized spacial score (nSPS) is 52.2. The van der Waals surface area contributed by atoms with Crippen molar-refractivity contribution in [3.8, 4) is 0 Å². The van der Waals surface area contributed by atoms with E-state index in [-0.39, 0.29) is 17.4 Å². The van der Waals surface area contributed by atoms with Gasteiger partial charge in [0.25, 0.3) is 0 Å². The van der Waals surface area contributed by atoms with Crippen LogP contribution in [0.4, 0.5) is 0 Å². The molecule has 8 atom stereocenters. The van der Waals surface area contributed by atoms with Crippen LogP contribution >= 0.6 is 0 Å². The van der Waals surface area contributed by atoms with Crippen molar-refractivity contribution in [1.82, 2.24) is 0 Å². The Hall–Kier alpha value is -0.370. The van der Waals surface area contributed by atoms with Gasteiger partial charge in [-0.25, -0.2) is 0 Å². The van der Waals surface area contributed by atoms with Crippen molar-refractivity contribution >= 4 is 5.78 Å². The van der Waals surface area contributed by atoms with Gasteiger partial charge in [-0.15, -0.1) is 0 Å². The second-order valence-electron chi connectivity index (χ2n) is 10.3. The molecule has 0 amide bonds. The first-order valence-electron chi connectivity index (χ1n) is 11.0. The highest BCUT2D eigenvalue weighted by Gasteiger charge is 2.63. The van der Waals surface area contributed by atoms with Gasteiger partial charge in [-0.05, 0) is 79.4 Å². The van der Waals surface area contributed by atoms with Gasteiger partial charge in [0, 0.05) is 19.4 Å². The van der Waals surface area contributed by atoms with E-state index in [1.54, 1.807) is 0 Å². The molecule has 2 nitrogen and oxygen atoms in total. The summed E-state index contributed by atoms with van der Waals surface area (Å²) in [5.74, 6) is 4.01. The van der Waals surface area contributed by atoms with Crippen molar-refractivity contribution in [2.45, 2.75) is 91.1 Å². The Labute approximate surface area is 154 Å². The molecule has 0 saturated heterocycles. The predicted octanol–water partition coefficient (Wildman–Crippen LogP) is 5.64. The number of rotatable bonds is 3. The second kappa shape index (κ2) is 6.36. The Morgan fingerprint density at radius 3 is 2.52 bits per heavy atom. The fourth-order valence-corrected chi connectivity index (χ4v) is 8.31. The summed E-state index contributed by atoms with van der Waals surface area (Å²) in [6, 6.07) is 0. The Morgan fingerprint density at radius 1 is 1.00 bits per heavy atom. The van der Waals surface area contributed by atoms with E-state index in [2.05, 4.69) is 13.8 Å². The number of hydrogen-bond acceptors (Lipinski definition) is 2. The molecule has 2 heteroatoms. The zero-order valence-corrected chi connectivity index (χ0v) is 16.9. The lowest BCUT2D eigenvalue weighted by atomic mass is 9.45. The average Bonchev–Trinajstić information content (AvgIpc) is 2.93. The Morgan fingerprint density at radius 2 is 1.80 bits per heavy atom. The van der Waals surface area contributed by atoms with Crippen LogP contribution < -0.4 is 0 Å². The third-order valence-electron chi connectivity index (χ3n) is 9.59. The van der Waals surface area contributed by atoms with Gasteiger partial charge < -0.3 is 4.74 Å². The fraction of sp³-hybridized carbons (Fsp3) is 0.957. The maximum Gasteiger partial charge on any atom is 0.138 e. The van der Waals surface area contributed by atoms with Crippen LogP contribution in [0.5, 0.6) is 0 Å². The van der Waals surface area contributed by atoms with E-state index >= 15 is 0 Å². The van der Waals surface area contributed by atoms with Gasteiger partial charge >= 0.3 is 0 Å². The van der Waals surface area contributed by atoms with Crippen LogP contribution in [0.1, 0.15) is 85.0 Å². The van der Waals surface area contributed by atoms with Crippen LogP contribution in [0.3, 0.4) is 0 Å². The summed E-state index contributed by atoms with van der Waals surface area (Å²) >= 11 is 0. The molecule has 0 unspecified atom stereocenters. The monoisotopic (exact) mass is 346 g/mol. The molecule has 4 saturated carbocycles. The molecule has 0 N–H and O–H groups in total. The number of hydrogen-bond donors (Lipinski definition) is 0. The number of ketones is 1. The van der Waals surface area contributed by atoms with Gasteiger partial charge in [-0.3, -0.25) is 4.79 Å². The molecule has 0 aromatic rings. The van der Waals surface area contributed by atoms with Crippen LogP contribution in [-0.2, 0) is 9.53 Å². The lowest BCUT2D eigenvalue weighted by Gasteiger charge is -2.60. The van der Waals surface area contributed by atoms with Crippen molar-refractivity contribution in [2.75, 3.05) is 7.11 Å². The molecule has 0 heterocycles. The average molecular weight is 347 g/mol. The molecule has 0 aromatic heterocycles. The molecule has 0 aromatic carbocycles. The van der Waals surface area contributed by atoms with Gasteiger partial charge in [0.15, 0.2) is 0 Å². The number of fused-ring (bicyclic) bond motifs is 5. The van der Waals surface area contributed by atoms with Crippen LogP contribution in [0.15, 0.2) is 0 Å². The minimum atomic E-state index is 0.144. The van der Waals surface area contributed by atoms with E-state index in [4.69, 9.17) is 4.74 Å². The number of carbonyl (C=O) groups is 1. The lowest BCUT2D eigenvalue weighted by molar-refractivity contribution is -0.138. The number of carbonyl (C=O) groups excluding carboxylic acids is 1. The zero-order valence-electron chi connectivity index (χ0n) is 16.9. The third-order valence-corrected chi connectivity index (χ3v) is 9.59. The van der Waals surface area contributed by atoms with Crippen LogP contribution in [0.25, 0.3) is 0 Å². The first kappa shape index (κ1) is 18.0. The van der Waals surface area contributed by atoms with Crippen molar-refractivity contribution < 1.29 is 9.53 Å². The second-order valence-corrected chi connectivity index (χ2v) is 10.3. The topological polar surface area (TPSA) is 26.3 Å². The summed E-state index contributed by atoms with van der Waals surface area (Å²) in [5.41, 5.74) is 0.769. The van der Waals surface area contributed by atoms with Gasteiger partial charge in [0.2, 0.25) is 0 Å². The molecule has 4 aliphatic carbocycles. The molecule has 0 radical (unpaired) electrons. The Bertz CT molecular complexity index is 528. The smallest absolute Gasteiger partial charge is 0.138 e. The number of Topliss-reactive ketones (excluding diaryl/α,β-unsaturated/α-hetero) is 1. The third kappa shape index (κ3) is 2.49. The quantitative estimate of drug-likeness (QED) is 0.661. The summed E-state index contributed by atoms with van der Waals surface area (Å²) in [6.45, 7) is 7.11. The maximum atomic E-state index is 12.8. The molecular weight excluding hydrogens is 308 g/mol. The van der Waals surface area contributed by atoms with Crippen LogP contribution in [-0.4, -0.2) is 19.0 Å². The summed E-state index contributed by atoms with van der Waals surface area (Å²) in [7, 11) is 1.83. The molecular formula is C23H38O2. The van der Waals surface area contributed by atoms with E-state index in [1.165, 1.54) is 51.4 Å². The van der Waals surface area contributed by atoms with Crippen molar-refractivity contribution in [3.05, 3.63) is 0 Å². The van der Waals surface area contributed by atoms with Gasteiger partial charge in [-0.1, -0.05) is 33.6 Å². The minimum Gasteiger partial charge on any atom is -0.381 e. The van der Waals surface area contributed by atoms with Gasteiger partial charge in [0.05, 0.1) is 6.10 Å². The summed E-state index contributed by atoms with van der Waals surface area (Å²) < 4.78 is 5.89. The van der Waals surface area contributed by atoms with E-state index < -0.39 is 0 Å². The Kier molecular flexibility index (Phi) is 4.58. The Balaban J connectivity index is 1.65. The predicted molar refractivity (Wildman–Crippen MR) is 101 cm³/mol. The van der Waals surface area contributed by atoms with Crippen molar-refractivity contribution in [3.63, 3.8) is 0 Å². The highest BCUT2D eigenvalue weighted by Crippen LogP contribution is 2.67. The highest BCUT2D eigenvalue weighted by atomic mass is 16.5. The number of methoxy groups -OCH3 is 1. The molecule has 0 spiro atoms. The van der Waals surface area contributed by atoms with Crippen molar-refractivity contribution in [2.24, 2.45) is 40.4 Å². The molecule has 142 valence electrons. The molecule has 25 heavy (non-hydrogen) atoms. The summed E-state index contributed by atoms with van der Waals surface area (Å²) in [6.07, 6.45) is 13.2. The first-order valence-corrected chi connectivity index (χ1v) is 11.0. The minimum absolute atomic E-state index is 0.144. The molecule has 4 fully saturated rings. The fourth-order valence-electron chi connectivity index (χ4n) is 8.31. The summed E-state index contributed by atoms with van der Waals surface area (Å²) in [5, 5.41) is 0. The van der Waals surface area contributed by atoms with E-state index in [0.717, 1.165) is 24.2 Å². The van der Waals surface area contributed by atoms with Crippen LogP contribution in [0.2, 0.25) is 0 Å². The van der Waals surface area contributed by atoms with Gasteiger partial charge in [0.1, 0.15) is 5.78 Å². The molecule has 0 bridgehead atoms. The first-order chi connectivity index (χ1) is 12.0. The van der Waals surface area contributed by atoms with E-state index in [1.807, 2.05) is 14.0 Å². The van der Waals surface area contributed by atoms with Crippen molar-refractivity contribution in [1.29, 1.82) is 0 Å². The van der Waals surface area contributed by atoms with Crippen LogP contribution in [0, 0.1) is 40.4 Å². The van der Waals surface area contributed by atoms with E-state index in [0.29, 0.717) is 23.5 Å². The zero-order chi connectivity index (χ0) is 17.8. The summed E-state index contributed by atoms with van der Waals surface area (Å²) in [4.78, 5) is 12.8. The molecule has 0 aliphatic heterocycles. The van der Waals surface area contributed by atoms with E-state index in [9.17, 15) is 4.79 Å². The maximum absolute atomic E-state index is 12.8. The largest absolute Gasteiger partial charge is 0.381 e. The lowest BCUT2D eigenvalue weighted by Crippen LogP contribution is -2.53. The highest BCUT2D eigenvalue weighted by molar-refractivity contribution is 5.82. The molecule has 4 rings (SSSR count). The number of ether oxygens (including phenoxy) is 1. The molecule has 4 aliphatic rings. The SMILES string of the molecule is CCC(=O)[C@@H]1[C@H](OC)C[C@@H]2[C@@H]3CC[C@H]4CCCC[C@]4(C)[C@@H]3CC[C@]21C. The van der Waals surface area contributed by atoms with Gasteiger partial charge in [-0.2, -0.15) is 0 Å². The standard InChI is InChI=1S/C23H38O2/c1-5-19(24)21-20(25-4)14-18-16-10-9-15-8-6-7-12-22(15,2)17(16)11-13-23(18,21)3/h15-18,20-21H,5-14H2,1-4H3/t15-,16-,17-,18-,20-,21-,22+,23-/m1/s1.